The summed E-state index contributed by atoms with van der Waals surface area (Å²) in [5.74, 6) is 0.794. The van der Waals surface area contributed by atoms with Crippen LogP contribution < -0.4 is 5.32 Å². The van der Waals surface area contributed by atoms with Crippen molar-refractivity contribution in [2.24, 2.45) is 0 Å². The van der Waals surface area contributed by atoms with Gasteiger partial charge in [0.1, 0.15) is 5.82 Å². The van der Waals surface area contributed by atoms with Crippen LogP contribution in [0.3, 0.4) is 0 Å². The van der Waals surface area contributed by atoms with Crippen LogP contribution in [0.1, 0.15) is 58.1 Å². The third-order valence-corrected chi connectivity index (χ3v) is 3.90. The Morgan fingerprint density at radius 1 is 1.26 bits per heavy atom. The Labute approximate surface area is 148 Å². The fourth-order valence-electron chi connectivity index (χ4n) is 2.31. The highest BCUT2D eigenvalue weighted by Gasteiger charge is 2.09. The number of carbonyl (C=O) groups excluding carboxylic acids is 1. The molecule has 1 aromatic heterocycles. The Kier molecular flexibility index (Phi) is 9.96. The minimum atomic E-state index is -0.727. The van der Waals surface area contributed by atoms with Gasteiger partial charge in [-0.15, -0.1) is 0 Å². The second kappa shape index (κ2) is 11.5. The molecule has 0 spiro atoms. The van der Waals surface area contributed by atoms with E-state index in [0.717, 1.165) is 56.5 Å². The molecule has 1 heterocycles. The van der Waals surface area contributed by atoms with Crippen LogP contribution in [0.15, 0.2) is 6.07 Å². The van der Waals surface area contributed by atoms with E-state index < -0.39 is 5.43 Å². The maximum atomic E-state index is 10.4. The molecule has 130 valence electrons. The Hall–Kier alpha value is -1.07. The number of halogens is 2. The normalized spacial score (nSPS) is 12.0. The molecule has 1 unspecified atom stereocenters. The molecule has 0 aliphatic carbocycles. The lowest BCUT2D eigenvalue weighted by Crippen LogP contribution is -2.19. The summed E-state index contributed by atoms with van der Waals surface area (Å²) in [4.78, 5) is 18.8. The van der Waals surface area contributed by atoms with E-state index in [-0.39, 0.29) is 5.28 Å². The van der Waals surface area contributed by atoms with Crippen LogP contribution in [-0.4, -0.2) is 28.0 Å². The van der Waals surface area contributed by atoms with Gasteiger partial charge in [0.15, 0.2) is 0 Å². The van der Waals surface area contributed by atoms with Crippen LogP contribution in [0.4, 0.5) is 10.6 Å². The average Bonchev–Trinajstić information content (AvgIpc) is 2.51. The molecule has 0 aliphatic rings. The van der Waals surface area contributed by atoms with Crippen molar-refractivity contribution in [1.82, 2.24) is 9.97 Å². The van der Waals surface area contributed by atoms with E-state index in [4.69, 9.17) is 27.9 Å². The van der Waals surface area contributed by atoms with Gasteiger partial charge in [-0.05, 0) is 37.3 Å². The number of aryl methyl sites for hydroxylation is 1. The fraction of sp³-hybridized carbons (Fsp3) is 0.688. The lowest BCUT2D eigenvalue weighted by molar-refractivity contribution is 0.170. The Morgan fingerprint density at radius 3 is 2.65 bits per heavy atom. The summed E-state index contributed by atoms with van der Waals surface area (Å²) in [6, 6.07) is 2.32. The van der Waals surface area contributed by atoms with Gasteiger partial charge in [0, 0.05) is 29.4 Å². The largest absolute Gasteiger partial charge is 0.454 e. The average molecular weight is 362 g/mol. The lowest BCUT2D eigenvalue weighted by atomic mass is 10.1. The minimum Gasteiger partial charge on any atom is -0.454 e. The predicted molar refractivity (Wildman–Crippen MR) is 94.4 cm³/mol. The molecule has 0 bridgehead atoms. The van der Waals surface area contributed by atoms with Crippen LogP contribution in [0, 0.1) is 0 Å². The number of hydrogen-bond acceptors (Lipinski definition) is 5. The number of nitrogens with one attached hydrogen (secondary N) is 1. The van der Waals surface area contributed by atoms with E-state index in [1.54, 1.807) is 0 Å². The third kappa shape index (κ3) is 8.96. The van der Waals surface area contributed by atoms with Gasteiger partial charge < -0.3 is 10.1 Å². The van der Waals surface area contributed by atoms with Crippen LogP contribution in [0.2, 0.25) is 5.28 Å². The summed E-state index contributed by atoms with van der Waals surface area (Å²) in [6.45, 7) is 4.60. The zero-order valence-electron chi connectivity index (χ0n) is 13.8. The molecule has 1 aromatic rings. The number of nitrogens with zero attached hydrogens (tertiary/aromatic N) is 2. The van der Waals surface area contributed by atoms with Gasteiger partial charge >= 0.3 is 5.43 Å². The summed E-state index contributed by atoms with van der Waals surface area (Å²) in [7, 11) is 0. The van der Waals surface area contributed by atoms with E-state index >= 15 is 0 Å². The molecule has 0 aromatic carbocycles. The molecule has 1 rings (SSSR count). The van der Waals surface area contributed by atoms with Gasteiger partial charge in [0.2, 0.25) is 5.28 Å². The Balaban J connectivity index is 2.29. The molecule has 0 radical (unpaired) electrons. The van der Waals surface area contributed by atoms with E-state index in [0.29, 0.717) is 12.6 Å². The third-order valence-electron chi connectivity index (χ3n) is 3.62. The summed E-state index contributed by atoms with van der Waals surface area (Å²) in [5.41, 5.74) is 0.214. The highest BCUT2D eigenvalue weighted by atomic mass is 35.5. The molecule has 0 saturated carbocycles. The molecule has 23 heavy (non-hydrogen) atoms. The first-order chi connectivity index (χ1) is 11.0. The van der Waals surface area contributed by atoms with Gasteiger partial charge in [-0.25, -0.2) is 14.8 Å². The molecule has 5 nitrogen and oxygen atoms in total. The van der Waals surface area contributed by atoms with Gasteiger partial charge in [0.05, 0.1) is 6.61 Å². The smallest absolute Gasteiger partial charge is 0.403 e. The van der Waals surface area contributed by atoms with Crippen LogP contribution >= 0.6 is 23.2 Å². The second-order valence-corrected chi connectivity index (χ2v) is 6.05. The summed E-state index contributed by atoms with van der Waals surface area (Å²) in [6.07, 6.45) is 7.01. The topological polar surface area (TPSA) is 64.1 Å². The van der Waals surface area contributed by atoms with Crippen molar-refractivity contribution in [2.75, 3.05) is 11.9 Å². The standard InChI is InChI=1S/C16H25Cl2N3O2/c1-3-12(9-7-5-6-8-10-23-16(18)22)19-14-11-13(4-2)20-15(17)21-14/h11-12H,3-10H2,1-2H3,(H,19,20,21). The first-order valence-corrected chi connectivity index (χ1v) is 8.93. The maximum absolute atomic E-state index is 10.4. The Morgan fingerprint density at radius 2 is 2.00 bits per heavy atom. The van der Waals surface area contributed by atoms with Crippen molar-refractivity contribution in [3.8, 4) is 0 Å². The predicted octanol–water partition coefficient (Wildman–Crippen LogP) is 5.21. The molecule has 1 atom stereocenters. The zero-order valence-corrected chi connectivity index (χ0v) is 15.3. The molecule has 0 fully saturated rings. The highest BCUT2D eigenvalue weighted by molar-refractivity contribution is 6.61. The molecule has 0 aliphatic heterocycles. The van der Waals surface area contributed by atoms with Crippen molar-refractivity contribution in [3.05, 3.63) is 17.0 Å². The first kappa shape index (κ1) is 20.0. The second-order valence-electron chi connectivity index (χ2n) is 5.41. The maximum Gasteiger partial charge on any atom is 0.403 e. The quantitative estimate of drug-likeness (QED) is 0.333. The van der Waals surface area contributed by atoms with E-state index in [2.05, 4.69) is 22.2 Å². The van der Waals surface area contributed by atoms with Crippen molar-refractivity contribution < 1.29 is 9.53 Å². The molecule has 7 heteroatoms. The van der Waals surface area contributed by atoms with Crippen LogP contribution in [-0.2, 0) is 11.2 Å². The number of carbonyl (C=O) groups is 1. The van der Waals surface area contributed by atoms with Crippen molar-refractivity contribution >= 4 is 34.4 Å². The SMILES string of the molecule is CCc1cc(NC(CC)CCCCCCOC(=O)Cl)nc(Cl)n1. The number of unbranched alkanes of at least 4 members (excludes halogenated alkanes) is 3. The molecule has 1 N–H and O–H groups in total. The number of ether oxygens (including phenoxy) is 1. The number of anilines is 1. The molecular weight excluding hydrogens is 337 g/mol. The summed E-state index contributed by atoms with van der Waals surface area (Å²) >= 11 is 11.0. The van der Waals surface area contributed by atoms with Crippen LogP contribution in [0.25, 0.3) is 0 Å². The monoisotopic (exact) mass is 361 g/mol. The minimum absolute atomic E-state index is 0.288. The fourth-order valence-corrected chi connectivity index (χ4v) is 2.58. The van der Waals surface area contributed by atoms with Gasteiger partial charge in [0.25, 0.3) is 0 Å². The molecule has 0 saturated heterocycles. The van der Waals surface area contributed by atoms with Crippen LogP contribution in [0.5, 0.6) is 0 Å². The molecule has 0 amide bonds. The van der Waals surface area contributed by atoms with Gasteiger partial charge in [-0.2, -0.15) is 0 Å². The van der Waals surface area contributed by atoms with Crippen molar-refractivity contribution in [2.45, 2.75) is 64.8 Å². The van der Waals surface area contributed by atoms with Crippen molar-refractivity contribution in [3.63, 3.8) is 0 Å². The zero-order chi connectivity index (χ0) is 17.1. The number of hydrogen-bond donors (Lipinski definition) is 1. The van der Waals surface area contributed by atoms with Gasteiger partial charge in [-0.1, -0.05) is 33.1 Å². The van der Waals surface area contributed by atoms with E-state index in [1.807, 2.05) is 13.0 Å². The lowest BCUT2D eigenvalue weighted by Gasteiger charge is -2.18. The van der Waals surface area contributed by atoms with E-state index in [9.17, 15) is 4.79 Å². The first-order valence-electron chi connectivity index (χ1n) is 8.17. The van der Waals surface area contributed by atoms with Gasteiger partial charge in [-0.3, -0.25) is 0 Å². The van der Waals surface area contributed by atoms with Crippen molar-refractivity contribution in [1.29, 1.82) is 0 Å². The summed E-state index contributed by atoms with van der Waals surface area (Å²) in [5, 5.41) is 3.73. The number of aromatic nitrogens is 2. The van der Waals surface area contributed by atoms with E-state index in [1.165, 1.54) is 0 Å². The summed E-state index contributed by atoms with van der Waals surface area (Å²) < 4.78 is 4.69. The molecular formula is C16H25Cl2N3O2. The number of rotatable bonds is 11. The Bertz CT molecular complexity index is 486. The highest BCUT2D eigenvalue weighted by Crippen LogP contribution is 2.16.